The van der Waals surface area contributed by atoms with Crippen molar-refractivity contribution in [2.45, 2.75) is 23.6 Å². The standard InChI is InChI=1S/C20H20Cl2N4OS2/c1-13-3-5-14(6-4-13)10-28-11-18-24-25-20(26(18)2)29-12-19(27)23-17-8-7-15(21)9-16(17)22/h3-9H,10-12H2,1-2H3,(H,23,27). The molecule has 0 radical (unpaired) electrons. The summed E-state index contributed by atoms with van der Waals surface area (Å²) in [7, 11) is 1.91. The van der Waals surface area contributed by atoms with E-state index in [1.807, 2.05) is 11.6 Å². The van der Waals surface area contributed by atoms with Crippen LogP contribution in [0.5, 0.6) is 0 Å². The zero-order valence-corrected chi connectivity index (χ0v) is 19.1. The maximum atomic E-state index is 12.2. The Morgan fingerprint density at radius 2 is 1.86 bits per heavy atom. The fourth-order valence-corrected chi connectivity index (χ4v) is 4.60. The van der Waals surface area contributed by atoms with Crippen molar-refractivity contribution in [3.63, 3.8) is 0 Å². The SMILES string of the molecule is Cc1ccc(CSCc2nnc(SCC(=O)Nc3ccc(Cl)cc3Cl)n2C)cc1. The van der Waals surface area contributed by atoms with Crippen LogP contribution in [0.4, 0.5) is 5.69 Å². The first-order valence-corrected chi connectivity index (χ1v) is 11.7. The second-order valence-corrected chi connectivity index (χ2v) is 9.17. The van der Waals surface area contributed by atoms with Gasteiger partial charge in [0.05, 0.1) is 22.2 Å². The fourth-order valence-electron chi connectivity index (χ4n) is 2.45. The van der Waals surface area contributed by atoms with E-state index in [0.717, 1.165) is 17.3 Å². The number of carbonyl (C=O) groups is 1. The Balaban J connectivity index is 1.48. The van der Waals surface area contributed by atoms with Crippen molar-refractivity contribution in [1.82, 2.24) is 14.8 Å². The Hall–Kier alpha value is -1.67. The zero-order chi connectivity index (χ0) is 20.8. The van der Waals surface area contributed by atoms with Crippen LogP contribution in [-0.2, 0) is 23.3 Å². The van der Waals surface area contributed by atoms with E-state index >= 15 is 0 Å². The number of nitrogens with zero attached hydrogens (tertiary/aromatic N) is 3. The predicted molar refractivity (Wildman–Crippen MR) is 123 cm³/mol. The Bertz CT molecular complexity index is 993. The first-order valence-electron chi connectivity index (χ1n) is 8.81. The van der Waals surface area contributed by atoms with E-state index in [1.165, 1.54) is 22.9 Å². The molecule has 0 saturated carbocycles. The predicted octanol–water partition coefficient (Wildman–Crippen LogP) is 5.59. The van der Waals surface area contributed by atoms with E-state index < -0.39 is 0 Å². The molecule has 1 aromatic heterocycles. The van der Waals surface area contributed by atoms with Crippen LogP contribution in [0.2, 0.25) is 10.0 Å². The molecule has 3 rings (SSSR count). The third-order valence-electron chi connectivity index (χ3n) is 4.08. The van der Waals surface area contributed by atoms with Gasteiger partial charge in [0.2, 0.25) is 5.91 Å². The van der Waals surface area contributed by atoms with Gasteiger partial charge in [0.25, 0.3) is 0 Å². The number of nitrogens with one attached hydrogen (secondary N) is 1. The Morgan fingerprint density at radius 3 is 2.59 bits per heavy atom. The highest BCUT2D eigenvalue weighted by Crippen LogP contribution is 2.26. The second-order valence-electron chi connectivity index (χ2n) is 6.40. The van der Waals surface area contributed by atoms with Gasteiger partial charge in [0, 0.05) is 17.8 Å². The van der Waals surface area contributed by atoms with Gasteiger partial charge < -0.3 is 9.88 Å². The van der Waals surface area contributed by atoms with Gasteiger partial charge in [-0.15, -0.1) is 22.0 Å². The summed E-state index contributed by atoms with van der Waals surface area (Å²) in [6, 6.07) is 13.5. The minimum atomic E-state index is -0.169. The summed E-state index contributed by atoms with van der Waals surface area (Å²) in [5.41, 5.74) is 3.08. The summed E-state index contributed by atoms with van der Waals surface area (Å²) in [6.45, 7) is 2.08. The first-order chi connectivity index (χ1) is 13.9. The lowest BCUT2D eigenvalue weighted by Crippen LogP contribution is -2.14. The van der Waals surface area contributed by atoms with Crippen LogP contribution in [0.15, 0.2) is 47.6 Å². The average Bonchev–Trinajstić information content (AvgIpc) is 3.04. The molecule has 152 valence electrons. The normalized spacial score (nSPS) is 10.9. The molecule has 0 aliphatic rings. The molecule has 0 aliphatic heterocycles. The van der Waals surface area contributed by atoms with Crippen LogP contribution in [0, 0.1) is 6.92 Å². The molecule has 0 bridgehead atoms. The third kappa shape index (κ3) is 6.40. The van der Waals surface area contributed by atoms with E-state index in [2.05, 4.69) is 46.7 Å². The first kappa shape index (κ1) is 22.0. The van der Waals surface area contributed by atoms with Gasteiger partial charge in [-0.2, -0.15) is 0 Å². The highest BCUT2D eigenvalue weighted by molar-refractivity contribution is 7.99. The van der Waals surface area contributed by atoms with Gasteiger partial charge in [-0.3, -0.25) is 4.79 Å². The molecule has 1 heterocycles. The quantitative estimate of drug-likeness (QED) is 0.438. The highest BCUT2D eigenvalue weighted by atomic mass is 35.5. The van der Waals surface area contributed by atoms with Gasteiger partial charge >= 0.3 is 0 Å². The fraction of sp³-hybridized carbons (Fsp3) is 0.250. The summed E-state index contributed by atoms with van der Waals surface area (Å²) in [6.07, 6.45) is 0. The van der Waals surface area contributed by atoms with E-state index in [1.54, 1.807) is 30.0 Å². The van der Waals surface area contributed by atoms with Crippen LogP contribution < -0.4 is 5.32 Å². The van der Waals surface area contributed by atoms with Crippen LogP contribution in [0.25, 0.3) is 0 Å². The van der Waals surface area contributed by atoms with Crippen LogP contribution >= 0.6 is 46.7 Å². The van der Waals surface area contributed by atoms with Crippen molar-refractivity contribution in [2.24, 2.45) is 7.05 Å². The summed E-state index contributed by atoms with van der Waals surface area (Å²) in [5, 5.41) is 12.9. The molecular weight excluding hydrogens is 447 g/mol. The molecule has 2 aromatic carbocycles. The molecule has 0 atom stereocenters. The topological polar surface area (TPSA) is 59.8 Å². The molecule has 0 spiro atoms. The number of rotatable bonds is 8. The summed E-state index contributed by atoms with van der Waals surface area (Å²) < 4.78 is 1.93. The van der Waals surface area contributed by atoms with E-state index in [0.29, 0.717) is 20.9 Å². The van der Waals surface area contributed by atoms with Crippen molar-refractivity contribution in [3.05, 3.63) is 69.5 Å². The van der Waals surface area contributed by atoms with E-state index in [4.69, 9.17) is 23.2 Å². The number of anilines is 1. The number of halogens is 2. The molecule has 5 nitrogen and oxygen atoms in total. The van der Waals surface area contributed by atoms with Crippen molar-refractivity contribution in [2.75, 3.05) is 11.1 Å². The number of thioether (sulfide) groups is 2. The lowest BCUT2D eigenvalue weighted by molar-refractivity contribution is -0.113. The molecule has 9 heteroatoms. The molecule has 3 aromatic rings. The van der Waals surface area contributed by atoms with Gasteiger partial charge in [0.15, 0.2) is 5.16 Å². The maximum Gasteiger partial charge on any atom is 0.234 e. The number of carbonyl (C=O) groups excluding carboxylic acids is 1. The Labute approximate surface area is 188 Å². The lowest BCUT2D eigenvalue weighted by Gasteiger charge is -2.07. The van der Waals surface area contributed by atoms with Gasteiger partial charge in [-0.25, -0.2) is 0 Å². The monoisotopic (exact) mass is 466 g/mol. The van der Waals surface area contributed by atoms with E-state index in [-0.39, 0.29) is 11.7 Å². The summed E-state index contributed by atoms with van der Waals surface area (Å²) >= 11 is 15.1. The van der Waals surface area contributed by atoms with Crippen molar-refractivity contribution in [3.8, 4) is 0 Å². The molecule has 0 unspecified atom stereocenters. The molecule has 0 fully saturated rings. The second kappa shape index (κ2) is 10.4. The van der Waals surface area contributed by atoms with E-state index in [9.17, 15) is 4.79 Å². The van der Waals surface area contributed by atoms with Crippen LogP contribution in [-0.4, -0.2) is 26.4 Å². The Kier molecular flexibility index (Phi) is 7.89. The Morgan fingerprint density at radius 1 is 1.10 bits per heavy atom. The van der Waals surface area contributed by atoms with Gasteiger partial charge in [0.1, 0.15) is 5.82 Å². The number of hydrogen-bond acceptors (Lipinski definition) is 5. The molecular formula is C20H20Cl2N4OS2. The molecule has 29 heavy (non-hydrogen) atoms. The maximum absolute atomic E-state index is 12.2. The van der Waals surface area contributed by atoms with Crippen molar-refractivity contribution < 1.29 is 4.79 Å². The van der Waals surface area contributed by atoms with Crippen molar-refractivity contribution in [1.29, 1.82) is 0 Å². The van der Waals surface area contributed by atoms with Gasteiger partial charge in [-0.1, -0.05) is 64.8 Å². The van der Waals surface area contributed by atoms with Crippen LogP contribution in [0.1, 0.15) is 17.0 Å². The lowest BCUT2D eigenvalue weighted by atomic mass is 10.2. The van der Waals surface area contributed by atoms with Gasteiger partial charge in [-0.05, 0) is 30.7 Å². The molecule has 1 amide bonds. The minimum Gasteiger partial charge on any atom is -0.324 e. The summed E-state index contributed by atoms with van der Waals surface area (Å²) in [4.78, 5) is 12.2. The number of amides is 1. The number of aryl methyl sites for hydroxylation is 1. The molecule has 1 N–H and O–H groups in total. The van der Waals surface area contributed by atoms with Crippen molar-refractivity contribution >= 4 is 58.3 Å². The van der Waals surface area contributed by atoms with Crippen LogP contribution in [0.3, 0.4) is 0 Å². The zero-order valence-electron chi connectivity index (χ0n) is 16.0. The molecule has 0 saturated heterocycles. The summed E-state index contributed by atoms with van der Waals surface area (Å²) in [5.74, 6) is 2.59. The number of benzene rings is 2. The minimum absolute atomic E-state index is 0.169. The highest BCUT2D eigenvalue weighted by Gasteiger charge is 2.13. The molecule has 0 aliphatic carbocycles. The largest absolute Gasteiger partial charge is 0.324 e. The number of aromatic nitrogens is 3. The average molecular weight is 467 g/mol. The third-order valence-corrected chi connectivity index (χ3v) is 6.65. The number of hydrogen-bond donors (Lipinski definition) is 1. The smallest absolute Gasteiger partial charge is 0.234 e.